The number of aromatic nitrogens is 1. The normalized spacial score (nSPS) is 24.8. The summed E-state index contributed by atoms with van der Waals surface area (Å²) < 4.78 is 6.00. The van der Waals surface area contributed by atoms with E-state index in [-0.39, 0.29) is 24.7 Å². The van der Waals surface area contributed by atoms with Crippen LogP contribution in [0.15, 0.2) is 24.4 Å². The van der Waals surface area contributed by atoms with Crippen molar-refractivity contribution in [2.45, 2.75) is 64.1 Å². The molecule has 138 valence electrons. The maximum atomic E-state index is 12.9. The van der Waals surface area contributed by atoms with Crippen LogP contribution in [0.5, 0.6) is 0 Å². The van der Waals surface area contributed by atoms with Crippen LogP contribution in [-0.4, -0.2) is 47.6 Å². The molecule has 2 aliphatic rings. The first-order valence-corrected chi connectivity index (χ1v) is 9.74. The van der Waals surface area contributed by atoms with E-state index in [9.17, 15) is 4.79 Å². The van der Waals surface area contributed by atoms with Gasteiger partial charge in [-0.25, -0.2) is 0 Å². The van der Waals surface area contributed by atoms with E-state index in [1.807, 2.05) is 23.1 Å². The average Bonchev–Trinajstić information content (AvgIpc) is 2.66. The lowest BCUT2D eigenvalue weighted by molar-refractivity contribution is -0.143. The van der Waals surface area contributed by atoms with Gasteiger partial charge in [-0.3, -0.25) is 9.78 Å². The lowest BCUT2D eigenvalue weighted by Crippen LogP contribution is -2.47. The van der Waals surface area contributed by atoms with Crippen LogP contribution >= 0.6 is 0 Å². The van der Waals surface area contributed by atoms with Crippen LogP contribution in [0, 0.1) is 5.92 Å². The zero-order valence-electron chi connectivity index (χ0n) is 15.3. The van der Waals surface area contributed by atoms with Gasteiger partial charge in [0.15, 0.2) is 0 Å². The predicted molar refractivity (Wildman–Crippen MR) is 98.1 cm³/mol. The molecule has 5 heteroatoms. The fraction of sp³-hybridized carbons (Fsp3) is 0.700. The molecular weight excluding hydrogens is 314 g/mol. The quantitative estimate of drug-likeness (QED) is 0.861. The Morgan fingerprint density at radius 1 is 1.28 bits per heavy atom. The summed E-state index contributed by atoms with van der Waals surface area (Å²) in [5.74, 6) is 0.818. The fourth-order valence-corrected chi connectivity index (χ4v) is 4.01. The van der Waals surface area contributed by atoms with E-state index in [1.165, 1.54) is 12.8 Å². The minimum atomic E-state index is 0.107. The van der Waals surface area contributed by atoms with Crippen LogP contribution in [-0.2, 0) is 16.1 Å². The minimum absolute atomic E-state index is 0.107. The third-order valence-electron chi connectivity index (χ3n) is 5.46. The molecule has 2 atom stereocenters. The van der Waals surface area contributed by atoms with Crippen molar-refractivity contribution in [3.63, 3.8) is 0 Å². The van der Waals surface area contributed by atoms with Gasteiger partial charge in [-0.15, -0.1) is 0 Å². The summed E-state index contributed by atoms with van der Waals surface area (Å²) in [5, 5.41) is 3.38. The van der Waals surface area contributed by atoms with Crippen LogP contribution in [0.3, 0.4) is 0 Å². The van der Waals surface area contributed by atoms with Crippen LogP contribution in [0.2, 0.25) is 0 Å². The van der Waals surface area contributed by atoms with Crippen molar-refractivity contribution in [3.05, 3.63) is 30.1 Å². The maximum absolute atomic E-state index is 12.9. The minimum Gasteiger partial charge on any atom is -0.368 e. The summed E-state index contributed by atoms with van der Waals surface area (Å²) in [7, 11) is 0. The van der Waals surface area contributed by atoms with E-state index in [4.69, 9.17) is 4.74 Å². The van der Waals surface area contributed by atoms with Gasteiger partial charge in [-0.1, -0.05) is 25.8 Å². The number of carbonyl (C=O) groups is 1. The zero-order valence-corrected chi connectivity index (χ0v) is 15.3. The third kappa shape index (κ3) is 5.51. The molecule has 0 spiro atoms. The molecule has 5 nitrogen and oxygen atoms in total. The standard InChI is InChI=1S/C20H31N3O2/c1-16-5-4-7-19(13-16)25-15-20(24)23(18-8-11-21-12-9-18)14-17-6-2-3-10-22-17/h2-3,6,10,16,18-19,21H,4-5,7-9,11-15H2,1H3. The van der Waals surface area contributed by atoms with Crippen LogP contribution in [0.25, 0.3) is 0 Å². The highest BCUT2D eigenvalue weighted by atomic mass is 16.5. The number of nitrogens with one attached hydrogen (secondary N) is 1. The molecule has 1 N–H and O–H groups in total. The Labute approximate surface area is 151 Å². The highest BCUT2D eigenvalue weighted by Crippen LogP contribution is 2.26. The molecule has 1 aliphatic heterocycles. The van der Waals surface area contributed by atoms with E-state index in [0.29, 0.717) is 12.5 Å². The van der Waals surface area contributed by atoms with Crippen molar-refractivity contribution in [3.8, 4) is 0 Å². The van der Waals surface area contributed by atoms with Crippen LogP contribution in [0.4, 0.5) is 0 Å². The number of hydrogen-bond donors (Lipinski definition) is 1. The van der Waals surface area contributed by atoms with E-state index >= 15 is 0 Å². The predicted octanol–water partition coefficient (Wildman–Crippen LogP) is 2.76. The second-order valence-corrected chi connectivity index (χ2v) is 7.53. The number of hydrogen-bond acceptors (Lipinski definition) is 4. The Bertz CT molecular complexity index is 531. The summed E-state index contributed by atoms with van der Waals surface area (Å²) in [6.07, 6.45) is 8.71. The van der Waals surface area contributed by atoms with Gasteiger partial charge in [-0.05, 0) is 56.8 Å². The van der Waals surface area contributed by atoms with Gasteiger partial charge in [0.05, 0.1) is 18.3 Å². The van der Waals surface area contributed by atoms with Crippen molar-refractivity contribution in [2.24, 2.45) is 5.92 Å². The van der Waals surface area contributed by atoms with Crippen LogP contribution in [0.1, 0.15) is 51.1 Å². The zero-order chi connectivity index (χ0) is 17.5. The summed E-state index contributed by atoms with van der Waals surface area (Å²) in [5.41, 5.74) is 0.945. The van der Waals surface area contributed by atoms with Gasteiger partial charge in [0, 0.05) is 12.2 Å². The fourth-order valence-electron chi connectivity index (χ4n) is 4.01. The second kappa shape index (κ2) is 9.30. The van der Waals surface area contributed by atoms with Gasteiger partial charge in [0.1, 0.15) is 6.61 Å². The molecule has 0 aromatic carbocycles. The first-order valence-electron chi connectivity index (χ1n) is 9.74. The summed E-state index contributed by atoms with van der Waals surface area (Å²) in [6.45, 7) is 5.00. The Hall–Kier alpha value is -1.46. The molecule has 1 aliphatic carbocycles. The molecule has 1 aromatic rings. The molecule has 1 amide bonds. The monoisotopic (exact) mass is 345 g/mol. The SMILES string of the molecule is CC1CCCC(OCC(=O)N(Cc2ccccn2)C2CCNCC2)C1. The number of piperidine rings is 1. The van der Waals surface area contributed by atoms with Crippen molar-refractivity contribution in [1.82, 2.24) is 15.2 Å². The molecule has 2 unspecified atom stereocenters. The number of ether oxygens (including phenoxy) is 1. The van der Waals surface area contributed by atoms with Crippen molar-refractivity contribution >= 4 is 5.91 Å². The van der Waals surface area contributed by atoms with E-state index < -0.39 is 0 Å². The molecule has 25 heavy (non-hydrogen) atoms. The highest BCUT2D eigenvalue weighted by Gasteiger charge is 2.27. The molecule has 0 bridgehead atoms. The van der Waals surface area contributed by atoms with Crippen molar-refractivity contribution < 1.29 is 9.53 Å². The third-order valence-corrected chi connectivity index (χ3v) is 5.46. The van der Waals surface area contributed by atoms with Crippen molar-refractivity contribution in [1.29, 1.82) is 0 Å². The van der Waals surface area contributed by atoms with Gasteiger partial charge in [-0.2, -0.15) is 0 Å². The van der Waals surface area contributed by atoms with Gasteiger partial charge in [0.25, 0.3) is 0 Å². The van der Waals surface area contributed by atoms with Gasteiger partial charge in [0.2, 0.25) is 5.91 Å². The molecule has 0 radical (unpaired) electrons. The molecule has 2 fully saturated rings. The van der Waals surface area contributed by atoms with Gasteiger partial charge >= 0.3 is 0 Å². The first-order chi connectivity index (χ1) is 12.2. The van der Waals surface area contributed by atoms with Crippen molar-refractivity contribution in [2.75, 3.05) is 19.7 Å². The number of pyridine rings is 1. The van der Waals surface area contributed by atoms with E-state index in [1.54, 1.807) is 6.20 Å². The van der Waals surface area contributed by atoms with E-state index in [0.717, 1.165) is 44.5 Å². The molecule has 3 rings (SSSR count). The molecular formula is C20H31N3O2. The van der Waals surface area contributed by atoms with Gasteiger partial charge < -0.3 is 15.0 Å². The number of carbonyl (C=O) groups excluding carboxylic acids is 1. The number of rotatable bonds is 6. The maximum Gasteiger partial charge on any atom is 0.249 e. The Balaban J connectivity index is 1.59. The first kappa shape index (κ1) is 18.3. The van der Waals surface area contributed by atoms with Crippen LogP contribution < -0.4 is 5.32 Å². The average molecular weight is 345 g/mol. The number of nitrogens with zero attached hydrogens (tertiary/aromatic N) is 2. The molecule has 1 aromatic heterocycles. The smallest absolute Gasteiger partial charge is 0.249 e. The molecule has 1 saturated carbocycles. The Morgan fingerprint density at radius 2 is 2.12 bits per heavy atom. The second-order valence-electron chi connectivity index (χ2n) is 7.53. The summed E-state index contributed by atoms with van der Waals surface area (Å²) in [6, 6.07) is 6.16. The highest BCUT2D eigenvalue weighted by molar-refractivity contribution is 5.77. The lowest BCUT2D eigenvalue weighted by atomic mass is 9.89. The lowest BCUT2D eigenvalue weighted by Gasteiger charge is -2.35. The summed E-state index contributed by atoms with van der Waals surface area (Å²) >= 11 is 0. The summed E-state index contributed by atoms with van der Waals surface area (Å²) in [4.78, 5) is 19.3. The Morgan fingerprint density at radius 3 is 2.84 bits per heavy atom. The topological polar surface area (TPSA) is 54.5 Å². The Kier molecular flexibility index (Phi) is 6.82. The van der Waals surface area contributed by atoms with E-state index in [2.05, 4.69) is 17.2 Å². The molecule has 1 saturated heterocycles. The number of amides is 1. The largest absolute Gasteiger partial charge is 0.368 e. The molecule has 2 heterocycles.